The Morgan fingerprint density at radius 1 is 1.16 bits per heavy atom. The molecule has 3 fully saturated rings. The fourth-order valence-corrected chi connectivity index (χ4v) is 5.25. The van der Waals surface area contributed by atoms with Crippen LogP contribution in [0.25, 0.3) is 10.9 Å². The number of nitriles is 1. The number of fused-ring (bicyclic) bond motifs is 1. The van der Waals surface area contributed by atoms with E-state index in [0.29, 0.717) is 5.56 Å². The smallest absolute Gasteiger partial charge is 0.101 e. The van der Waals surface area contributed by atoms with E-state index in [0.717, 1.165) is 61.8 Å². The molecule has 164 valence electrons. The average Bonchev–Trinajstić information content (AvgIpc) is 2.77. The average molecular weight is 421 g/mol. The maximum atomic E-state index is 9.44. The molecule has 0 spiro atoms. The highest BCUT2D eigenvalue weighted by Crippen LogP contribution is 2.31. The number of nitrogens with one attached hydrogen (secondary N) is 1. The summed E-state index contributed by atoms with van der Waals surface area (Å²) in [6.45, 7) is 12.0. The van der Waals surface area contributed by atoms with E-state index in [-0.39, 0.29) is 12.2 Å². The van der Waals surface area contributed by atoms with Crippen LogP contribution in [-0.2, 0) is 4.74 Å². The molecule has 2 atom stereocenters. The molecule has 0 amide bonds. The highest BCUT2D eigenvalue weighted by Gasteiger charge is 2.33. The molecule has 5 rings (SSSR count). The fourth-order valence-electron chi connectivity index (χ4n) is 5.25. The summed E-state index contributed by atoms with van der Waals surface area (Å²) in [5.74, 6) is 0. The predicted octanol–water partition coefficient (Wildman–Crippen LogP) is 1.68. The first-order valence-corrected chi connectivity index (χ1v) is 11.6. The van der Waals surface area contributed by atoms with Gasteiger partial charge in [0.25, 0.3) is 0 Å². The number of pyridine rings is 1. The number of rotatable bonds is 5. The Morgan fingerprint density at radius 3 is 2.81 bits per heavy atom. The molecule has 0 saturated carbocycles. The number of hydrogen-bond acceptors (Lipinski definition) is 7. The van der Waals surface area contributed by atoms with Crippen molar-refractivity contribution in [2.45, 2.75) is 31.6 Å². The lowest BCUT2D eigenvalue weighted by Crippen LogP contribution is -2.63. The second kappa shape index (κ2) is 9.09. The van der Waals surface area contributed by atoms with Crippen LogP contribution in [0.4, 0.5) is 5.69 Å². The van der Waals surface area contributed by atoms with E-state index in [2.05, 4.69) is 50.1 Å². The minimum atomic E-state index is 0.186. The number of aromatic nitrogens is 1. The monoisotopic (exact) mass is 420 g/mol. The van der Waals surface area contributed by atoms with Gasteiger partial charge in [-0.3, -0.25) is 9.88 Å². The molecule has 1 aromatic heterocycles. The Bertz CT molecular complexity index is 947. The molecule has 1 aromatic carbocycles. The first-order chi connectivity index (χ1) is 15.2. The Kier molecular flexibility index (Phi) is 6.06. The number of hydrogen-bond donors (Lipinski definition) is 1. The van der Waals surface area contributed by atoms with Gasteiger partial charge in [0, 0.05) is 82.2 Å². The lowest BCUT2D eigenvalue weighted by Gasteiger charge is -2.47. The van der Waals surface area contributed by atoms with Gasteiger partial charge in [-0.15, -0.1) is 0 Å². The van der Waals surface area contributed by atoms with Gasteiger partial charge < -0.3 is 19.9 Å². The van der Waals surface area contributed by atoms with Gasteiger partial charge in [-0.25, -0.2) is 0 Å². The highest BCUT2D eigenvalue weighted by molar-refractivity contribution is 5.95. The number of likely N-dealkylation sites (tertiary alicyclic amines) is 1. The van der Waals surface area contributed by atoms with E-state index in [4.69, 9.17) is 4.74 Å². The third kappa shape index (κ3) is 4.39. The van der Waals surface area contributed by atoms with Crippen LogP contribution in [0.3, 0.4) is 0 Å². The second-order valence-electron chi connectivity index (χ2n) is 9.11. The van der Waals surface area contributed by atoms with Crippen molar-refractivity contribution in [3.05, 3.63) is 36.0 Å². The Labute approximate surface area is 184 Å². The third-order valence-corrected chi connectivity index (χ3v) is 6.91. The lowest BCUT2D eigenvalue weighted by atomic mass is 10.0. The van der Waals surface area contributed by atoms with E-state index in [9.17, 15) is 5.26 Å². The molecule has 7 nitrogen and oxygen atoms in total. The largest absolute Gasteiger partial charge is 0.372 e. The molecule has 3 saturated heterocycles. The van der Waals surface area contributed by atoms with E-state index in [1.807, 2.05) is 12.1 Å². The standard InChI is InChI=1S/C24H32N6O/c1-18-14-30(23-5-4-19(13-25)24-22(23)3-2-7-27-24)17-21(31-18)6-10-28-15-20(16-28)29-11-8-26-9-12-29/h2-5,7,18,20-21,26H,6,8-12,14-17H2,1H3/t18-,21+/m1/s1. The van der Waals surface area contributed by atoms with E-state index in [1.54, 1.807) is 6.20 Å². The van der Waals surface area contributed by atoms with Crippen molar-refractivity contribution >= 4 is 16.6 Å². The second-order valence-corrected chi connectivity index (χ2v) is 9.11. The van der Waals surface area contributed by atoms with Gasteiger partial charge in [-0.05, 0) is 37.6 Å². The summed E-state index contributed by atoms with van der Waals surface area (Å²) >= 11 is 0. The number of benzene rings is 1. The summed E-state index contributed by atoms with van der Waals surface area (Å²) < 4.78 is 6.30. The number of ether oxygens (including phenoxy) is 1. The molecule has 31 heavy (non-hydrogen) atoms. The molecule has 1 N–H and O–H groups in total. The maximum Gasteiger partial charge on any atom is 0.101 e. The molecule has 0 aliphatic carbocycles. The number of anilines is 1. The van der Waals surface area contributed by atoms with Crippen molar-refractivity contribution in [3.8, 4) is 6.07 Å². The van der Waals surface area contributed by atoms with Gasteiger partial charge in [0.15, 0.2) is 0 Å². The van der Waals surface area contributed by atoms with E-state index >= 15 is 0 Å². The molecule has 0 bridgehead atoms. The van der Waals surface area contributed by atoms with Crippen molar-refractivity contribution in [2.24, 2.45) is 0 Å². The van der Waals surface area contributed by atoms with Gasteiger partial charge in [-0.2, -0.15) is 5.26 Å². The van der Waals surface area contributed by atoms with Crippen LogP contribution in [0.15, 0.2) is 30.5 Å². The van der Waals surface area contributed by atoms with Crippen LogP contribution in [0.1, 0.15) is 18.9 Å². The minimum absolute atomic E-state index is 0.186. The van der Waals surface area contributed by atoms with Crippen molar-refractivity contribution in [2.75, 3.05) is 63.8 Å². The topological polar surface area (TPSA) is 67.7 Å². The van der Waals surface area contributed by atoms with Crippen molar-refractivity contribution in [1.82, 2.24) is 20.1 Å². The molecule has 0 unspecified atom stereocenters. The summed E-state index contributed by atoms with van der Waals surface area (Å²) in [7, 11) is 0. The van der Waals surface area contributed by atoms with Gasteiger partial charge in [0.2, 0.25) is 0 Å². The quantitative estimate of drug-likeness (QED) is 0.789. The Hall–Kier alpha value is -2.24. The van der Waals surface area contributed by atoms with Crippen molar-refractivity contribution in [3.63, 3.8) is 0 Å². The van der Waals surface area contributed by atoms with Gasteiger partial charge in [0.05, 0.1) is 23.3 Å². The van der Waals surface area contributed by atoms with E-state index in [1.165, 1.54) is 26.2 Å². The van der Waals surface area contributed by atoms with Crippen LogP contribution in [0, 0.1) is 11.3 Å². The fraction of sp³-hybridized carbons (Fsp3) is 0.583. The number of nitrogens with zero attached hydrogens (tertiary/aromatic N) is 5. The Balaban J connectivity index is 1.20. The Morgan fingerprint density at radius 2 is 2.00 bits per heavy atom. The predicted molar refractivity (Wildman–Crippen MR) is 122 cm³/mol. The van der Waals surface area contributed by atoms with Crippen molar-refractivity contribution < 1.29 is 4.74 Å². The summed E-state index contributed by atoms with van der Waals surface area (Å²) in [6.07, 6.45) is 3.23. The SMILES string of the molecule is C[C@@H]1CN(c2ccc(C#N)c3ncccc23)C[C@H](CCN2CC(N3CCNCC3)C2)O1. The van der Waals surface area contributed by atoms with Crippen molar-refractivity contribution in [1.29, 1.82) is 5.26 Å². The molecule has 7 heteroatoms. The minimum Gasteiger partial charge on any atom is -0.372 e. The lowest BCUT2D eigenvalue weighted by molar-refractivity contribution is -0.0344. The normalized spacial score (nSPS) is 26.0. The zero-order valence-corrected chi connectivity index (χ0v) is 18.3. The zero-order valence-electron chi connectivity index (χ0n) is 18.3. The molecular formula is C24H32N6O. The molecule has 0 radical (unpaired) electrons. The maximum absolute atomic E-state index is 9.44. The van der Waals surface area contributed by atoms with Gasteiger partial charge in [0.1, 0.15) is 6.07 Å². The third-order valence-electron chi connectivity index (χ3n) is 6.91. The van der Waals surface area contributed by atoms with Crippen LogP contribution in [0.2, 0.25) is 0 Å². The van der Waals surface area contributed by atoms with Crippen LogP contribution in [0.5, 0.6) is 0 Å². The summed E-state index contributed by atoms with van der Waals surface area (Å²) in [4.78, 5) is 12.1. The first-order valence-electron chi connectivity index (χ1n) is 11.6. The first kappa shape index (κ1) is 20.7. The van der Waals surface area contributed by atoms with Crippen LogP contribution in [-0.4, -0.2) is 91.9 Å². The number of piperazine rings is 1. The zero-order chi connectivity index (χ0) is 21.2. The summed E-state index contributed by atoms with van der Waals surface area (Å²) in [6, 6.07) is 11.0. The molecular weight excluding hydrogens is 388 g/mol. The van der Waals surface area contributed by atoms with E-state index < -0.39 is 0 Å². The van der Waals surface area contributed by atoms with Crippen LogP contribution < -0.4 is 10.2 Å². The van der Waals surface area contributed by atoms with Crippen LogP contribution >= 0.6 is 0 Å². The summed E-state index contributed by atoms with van der Waals surface area (Å²) in [5, 5.41) is 13.9. The summed E-state index contributed by atoms with van der Waals surface area (Å²) in [5.41, 5.74) is 2.58. The van der Waals surface area contributed by atoms with Gasteiger partial charge in [-0.1, -0.05) is 0 Å². The van der Waals surface area contributed by atoms with Gasteiger partial charge >= 0.3 is 0 Å². The molecule has 4 heterocycles. The molecule has 2 aromatic rings. The highest BCUT2D eigenvalue weighted by atomic mass is 16.5. The number of morpholine rings is 1. The molecule has 3 aliphatic rings. The molecule has 3 aliphatic heterocycles.